The lowest BCUT2D eigenvalue weighted by Crippen LogP contribution is -2.40. The Hall–Kier alpha value is -3.34. The van der Waals surface area contributed by atoms with E-state index < -0.39 is 0 Å². The molecule has 0 aromatic heterocycles. The van der Waals surface area contributed by atoms with Crippen LogP contribution >= 0.6 is 0 Å². The average Bonchev–Trinajstić information content (AvgIpc) is 3.21. The van der Waals surface area contributed by atoms with Crippen molar-refractivity contribution in [2.45, 2.75) is 19.1 Å². The quantitative estimate of drug-likeness (QED) is 0.679. The van der Waals surface area contributed by atoms with Gasteiger partial charge in [-0.1, -0.05) is 37.3 Å². The third-order valence-corrected chi connectivity index (χ3v) is 5.65. The molecule has 5 heteroatoms. The number of fused-ring (bicyclic) bond motifs is 2. The molecule has 0 unspecified atom stereocenters. The number of hydrogen-bond acceptors (Lipinski definition) is 5. The minimum atomic E-state index is -0.183. The zero-order valence-electron chi connectivity index (χ0n) is 16.4. The second-order valence-electron chi connectivity index (χ2n) is 7.40. The molecule has 2 heterocycles. The molecule has 3 aromatic rings. The van der Waals surface area contributed by atoms with E-state index in [2.05, 4.69) is 30.4 Å². The highest BCUT2D eigenvalue weighted by Crippen LogP contribution is 2.49. The summed E-state index contributed by atoms with van der Waals surface area (Å²) in [7, 11) is 1.68. The van der Waals surface area contributed by atoms with Crippen molar-refractivity contribution in [1.29, 1.82) is 0 Å². The van der Waals surface area contributed by atoms with Crippen molar-refractivity contribution < 1.29 is 18.9 Å². The van der Waals surface area contributed by atoms with Crippen molar-refractivity contribution in [3.63, 3.8) is 0 Å². The van der Waals surface area contributed by atoms with Gasteiger partial charge in [0.2, 0.25) is 6.79 Å². The van der Waals surface area contributed by atoms with Crippen molar-refractivity contribution in [2.24, 2.45) is 5.92 Å². The van der Waals surface area contributed by atoms with Gasteiger partial charge in [0.05, 0.1) is 7.11 Å². The van der Waals surface area contributed by atoms with Crippen molar-refractivity contribution in [3.8, 4) is 23.0 Å². The van der Waals surface area contributed by atoms with Gasteiger partial charge in [0.25, 0.3) is 0 Å². The smallest absolute Gasteiger partial charge is 0.231 e. The molecule has 0 radical (unpaired) electrons. The molecule has 0 spiro atoms. The first-order chi connectivity index (χ1) is 14.2. The maximum atomic E-state index is 6.40. The third kappa shape index (κ3) is 3.23. The van der Waals surface area contributed by atoms with Gasteiger partial charge in [0.15, 0.2) is 17.7 Å². The summed E-state index contributed by atoms with van der Waals surface area (Å²) in [6.07, 6.45) is -0.183. The third-order valence-electron chi connectivity index (χ3n) is 5.65. The van der Waals surface area contributed by atoms with E-state index in [0.717, 1.165) is 34.2 Å². The van der Waals surface area contributed by atoms with Crippen LogP contribution in [0.15, 0.2) is 66.7 Å². The molecule has 5 nitrogen and oxygen atoms in total. The van der Waals surface area contributed by atoms with Crippen LogP contribution in [0.2, 0.25) is 0 Å². The predicted octanol–water partition coefficient (Wildman–Crippen LogP) is 5.02. The van der Waals surface area contributed by atoms with Crippen LogP contribution in [-0.2, 0) is 0 Å². The first kappa shape index (κ1) is 17.7. The monoisotopic (exact) mass is 389 g/mol. The Balaban J connectivity index is 1.57. The van der Waals surface area contributed by atoms with Crippen LogP contribution in [-0.4, -0.2) is 20.1 Å². The molecule has 29 heavy (non-hydrogen) atoms. The summed E-state index contributed by atoms with van der Waals surface area (Å²) < 4.78 is 22.9. The van der Waals surface area contributed by atoms with E-state index in [0.29, 0.717) is 0 Å². The Morgan fingerprint density at radius 2 is 1.62 bits per heavy atom. The van der Waals surface area contributed by atoms with Crippen molar-refractivity contribution in [2.75, 3.05) is 19.2 Å². The Labute approximate surface area is 170 Å². The first-order valence-electron chi connectivity index (χ1n) is 9.78. The summed E-state index contributed by atoms with van der Waals surface area (Å²) in [5, 5.41) is 3.54. The van der Waals surface area contributed by atoms with Gasteiger partial charge in [-0.3, -0.25) is 0 Å². The molecule has 148 valence electrons. The summed E-state index contributed by atoms with van der Waals surface area (Å²) in [5.41, 5.74) is 3.35. The normalized spacial score (nSPS) is 21.8. The van der Waals surface area contributed by atoms with Crippen LogP contribution in [0.4, 0.5) is 5.69 Å². The molecule has 5 rings (SSSR count). The number of nitrogens with one attached hydrogen (secondary N) is 1. The molecule has 0 aliphatic carbocycles. The van der Waals surface area contributed by atoms with E-state index >= 15 is 0 Å². The number of hydrogen-bond donors (Lipinski definition) is 1. The van der Waals surface area contributed by atoms with E-state index in [4.69, 9.17) is 18.9 Å². The van der Waals surface area contributed by atoms with Crippen LogP contribution in [0, 0.1) is 5.92 Å². The van der Waals surface area contributed by atoms with Crippen LogP contribution in [0.3, 0.4) is 0 Å². The van der Waals surface area contributed by atoms with Gasteiger partial charge in [0, 0.05) is 29.2 Å². The number of anilines is 1. The second-order valence-corrected chi connectivity index (χ2v) is 7.40. The minimum absolute atomic E-state index is 0.139. The summed E-state index contributed by atoms with van der Waals surface area (Å²) >= 11 is 0. The summed E-state index contributed by atoms with van der Waals surface area (Å²) in [4.78, 5) is 0. The highest BCUT2D eigenvalue weighted by molar-refractivity contribution is 5.57. The van der Waals surface area contributed by atoms with Gasteiger partial charge >= 0.3 is 0 Å². The van der Waals surface area contributed by atoms with E-state index in [-0.39, 0.29) is 24.9 Å². The number of rotatable bonds is 4. The van der Waals surface area contributed by atoms with E-state index in [1.807, 2.05) is 48.5 Å². The number of methoxy groups -OCH3 is 1. The van der Waals surface area contributed by atoms with Gasteiger partial charge in [-0.05, 0) is 35.9 Å². The van der Waals surface area contributed by atoms with Gasteiger partial charge in [-0.2, -0.15) is 0 Å². The Morgan fingerprint density at radius 3 is 2.34 bits per heavy atom. The van der Waals surface area contributed by atoms with Crippen molar-refractivity contribution in [1.82, 2.24) is 0 Å². The topological polar surface area (TPSA) is 49.0 Å². The number of benzene rings is 3. The molecular formula is C24H23NO4. The first-order valence-corrected chi connectivity index (χ1v) is 9.78. The van der Waals surface area contributed by atoms with E-state index in [1.165, 1.54) is 5.56 Å². The fourth-order valence-electron chi connectivity index (χ4n) is 4.14. The molecule has 2 aliphatic heterocycles. The lowest BCUT2D eigenvalue weighted by Gasteiger charge is -2.39. The summed E-state index contributed by atoms with van der Waals surface area (Å²) in [5.74, 6) is 3.48. The van der Waals surface area contributed by atoms with Gasteiger partial charge in [0.1, 0.15) is 11.5 Å². The maximum absolute atomic E-state index is 6.40. The molecule has 0 bridgehead atoms. The number of para-hydroxylation sites is 1. The molecular weight excluding hydrogens is 366 g/mol. The molecule has 0 fully saturated rings. The fourth-order valence-corrected chi connectivity index (χ4v) is 4.14. The highest BCUT2D eigenvalue weighted by atomic mass is 16.7. The Bertz CT molecular complexity index is 1000. The van der Waals surface area contributed by atoms with Crippen molar-refractivity contribution >= 4 is 5.69 Å². The zero-order chi connectivity index (χ0) is 19.8. The second kappa shape index (κ2) is 7.24. The lowest BCUT2D eigenvalue weighted by atomic mass is 9.78. The fraction of sp³-hybridized carbons (Fsp3) is 0.250. The van der Waals surface area contributed by atoms with Gasteiger partial charge in [-0.15, -0.1) is 0 Å². The summed E-state index contributed by atoms with van der Waals surface area (Å²) in [6, 6.07) is 22.4. The summed E-state index contributed by atoms with van der Waals surface area (Å²) in [6.45, 7) is 2.45. The van der Waals surface area contributed by atoms with Crippen LogP contribution in [0.5, 0.6) is 23.0 Å². The predicted molar refractivity (Wildman–Crippen MR) is 111 cm³/mol. The molecule has 3 aromatic carbocycles. The van der Waals surface area contributed by atoms with Gasteiger partial charge in [-0.25, -0.2) is 0 Å². The maximum Gasteiger partial charge on any atom is 0.231 e. The highest BCUT2D eigenvalue weighted by Gasteiger charge is 2.38. The number of ether oxygens (including phenoxy) is 4. The van der Waals surface area contributed by atoms with E-state index in [9.17, 15) is 0 Å². The molecule has 0 amide bonds. The minimum Gasteiger partial charge on any atom is -0.497 e. The average molecular weight is 389 g/mol. The molecule has 3 atom stereocenters. The molecule has 2 aliphatic rings. The molecule has 0 saturated carbocycles. The van der Waals surface area contributed by atoms with E-state index in [1.54, 1.807) is 7.11 Å². The van der Waals surface area contributed by atoms with Gasteiger partial charge < -0.3 is 24.3 Å². The Morgan fingerprint density at radius 1 is 0.897 bits per heavy atom. The SMILES string of the molecule is COc1ccc([C@H]2c3cc4c(cc3O[C@H](Nc3ccccc3)[C@H]2C)OCO4)cc1. The van der Waals surface area contributed by atoms with Crippen LogP contribution < -0.4 is 24.3 Å². The zero-order valence-corrected chi connectivity index (χ0v) is 16.4. The molecule has 0 saturated heterocycles. The lowest BCUT2D eigenvalue weighted by molar-refractivity contribution is 0.134. The standard InChI is InChI=1S/C24H23NO4/c1-15-23(16-8-10-18(26-2)11-9-16)19-12-21-22(28-14-27-21)13-20(19)29-24(15)25-17-6-4-3-5-7-17/h3-13,15,23-25H,14H2,1-2H3/t15-,23-,24-/m0/s1. The largest absolute Gasteiger partial charge is 0.497 e. The van der Waals surface area contributed by atoms with Crippen LogP contribution in [0.25, 0.3) is 0 Å². The van der Waals surface area contributed by atoms with Crippen molar-refractivity contribution in [3.05, 3.63) is 77.9 Å². The molecule has 1 N–H and O–H groups in total. The Kier molecular flexibility index (Phi) is 4.43. The van der Waals surface area contributed by atoms with Crippen LogP contribution in [0.1, 0.15) is 24.0 Å².